The van der Waals surface area contributed by atoms with Gasteiger partial charge in [-0.25, -0.2) is 4.79 Å². The van der Waals surface area contributed by atoms with Gasteiger partial charge in [0.15, 0.2) is 6.61 Å². The van der Waals surface area contributed by atoms with Crippen molar-refractivity contribution >= 4 is 17.9 Å². The third-order valence-electron chi connectivity index (χ3n) is 4.02. The molecule has 0 aromatic heterocycles. The number of likely N-dealkylation sites (tertiary alicyclic amines) is 1. The predicted molar refractivity (Wildman–Crippen MR) is 89.8 cm³/mol. The van der Waals surface area contributed by atoms with E-state index in [-0.39, 0.29) is 31.6 Å². The molecular formula is C17H23N3O5. The van der Waals surface area contributed by atoms with Crippen molar-refractivity contribution in [2.24, 2.45) is 17.6 Å². The molecule has 0 bridgehead atoms. The summed E-state index contributed by atoms with van der Waals surface area (Å²) in [6, 6.07) is 6.68. The maximum absolute atomic E-state index is 12.3. The summed E-state index contributed by atoms with van der Waals surface area (Å²) in [4.78, 5) is 35.8. The lowest BCUT2D eigenvalue weighted by atomic mass is 9.91. The zero-order valence-corrected chi connectivity index (χ0v) is 14.1. The van der Waals surface area contributed by atoms with Crippen molar-refractivity contribution in [1.82, 2.24) is 10.2 Å². The monoisotopic (exact) mass is 349 g/mol. The lowest BCUT2D eigenvalue weighted by Gasteiger charge is -2.34. The van der Waals surface area contributed by atoms with Gasteiger partial charge in [0.2, 0.25) is 0 Å². The van der Waals surface area contributed by atoms with Gasteiger partial charge in [-0.2, -0.15) is 0 Å². The molecule has 0 aliphatic carbocycles. The van der Waals surface area contributed by atoms with Crippen molar-refractivity contribution in [3.63, 3.8) is 0 Å². The lowest BCUT2D eigenvalue weighted by Crippen LogP contribution is -2.49. The number of hydrogen-bond acceptors (Lipinski definition) is 4. The minimum atomic E-state index is -0.872. The quantitative estimate of drug-likeness (QED) is 0.701. The zero-order valence-electron chi connectivity index (χ0n) is 14.1. The van der Waals surface area contributed by atoms with Gasteiger partial charge in [0.1, 0.15) is 5.75 Å². The maximum atomic E-state index is 12.3. The molecular weight excluding hydrogens is 326 g/mol. The largest absolute Gasteiger partial charge is 0.484 e. The molecule has 1 heterocycles. The van der Waals surface area contributed by atoms with Crippen molar-refractivity contribution < 1.29 is 24.2 Å². The van der Waals surface area contributed by atoms with Crippen molar-refractivity contribution in [3.8, 4) is 5.75 Å². The van der Waals surface area contributed by atoms with E-state index < -0.39 is 17.8 Å². The predicted octanol–water partition coefficient (Wildman–Crippen LogP) is 0.803. The number of carboxylic acid groups (broad SMARTS) is 1. The van der Waals surface area contributed by atoms with Crippen molar-refractivity contribution in [2.75, 3.05) is 19.7 Å². The van der Waals surface area contributed by atoms with Crippen LogP contribution in [0.4, 0.5) is 4.79 Å². The van der Waals surface area contributed by atoms with Gasteiger partial charge in [-0.05, 0) is 30.0 Å². The molecule has 2 atom stereocenters. The molecule has 0 radical (unpaired) electrons. The number of primary amides is 1. The van der Waals surface area contributed by atoms with Crippen LogP contribution in [-0.2, 0) is 16.1 Å². The Hall–Kier alpha value is -2.77. The summed E-state index contributed by atoms with van der Waals surface area (Å²) in [6.45, 7) is 2.76. The summed E-state index contributed by atoms with van der Waals surface area (Å²) in [5, 5.41) is 12.0. The Morgan fingerprint density at radius 2 is 2.12 bits per heavy atom. The number of aliphatic carboxylic acids is 1. The van der Waals surface area contributed by atoms with Crippen LogP contribution in [-0.4, -0.2) is 47.6 Å². The second kappa shape index (κ2) is 8.36. The molecule has 0 spiro atoms. The number of carbonyl (C=O) groups is 3. The molecule has 1 aromatic carbocycles. The van der Waals surface area contributed by atoms with Crippen molar-refractivity contribution in [1.29, 1.82) is 0 Å². The fraction of sp³-hybridized carbons (Fsp3) is 0.471. The average molecular weight is 349 g/mol. The molecule has 8 heteroatoms. The number of rotatable bonds is 6. The standard InChI is InChI=1S/C17H23N3O5/c1-11-5-13(16(22)23)9-20(8-11)17(24)19-7-12-3-2-4-14(6-12)25-10-15(18)21/h2-4,6,11,13H,5,7-10H2,1H3,(H2,18,21)(H,19,24)(H,22,23). The Bertz CT molecular complexity index is 649. The molecule has 1 aliphatic rings. The molecule has 0 saturated carbocycles. The Balaban J connectivity index is 1.90. The summed E-state index contributed by atoms with van der Waals surface area (Å²) < 4.78 is 5.22. The fourth-order valence-corrected chi connectivity index (χ4v) is 2.89. The van der Waals surface area contributed by atoms with E-state index in [0.717, 1.165) is 5.56 Å². The second-order valence-electron chi connectivity index (χ2n) is 6.34. The first-order valence-corrected chi connectivity index (χ1v) is 8.10. The van der Waals surface area contributed by atoms with E-state index in [1.165, 1.54) is 0 Å². The summed E-state index contributed by atoms with van der Waals surface area (Å²) in [5.74, 6) is -1.33. The number of urea groups is 1. The molecule has 8 nitrogen and oxygen atoms in total. The van der Waals surface area contributed by atoms with Gasteiger partial charge in [-0.3, -0.25) is 9.59 Å². The number of nitrogens with one attached hydrogen (secondary N) is 1. The third kappa shape index (κ3) is 5.66. The molecule has 3 amide bonds. The van der Waals surface area contributed by atoms with E-state index in [1.54, 1.807) is 23.1 Å². The van der Waals surface area contributed by atoms with Gasteiger partial charge in [0, 0.05) is 19.6 Å². The average Bonchev–Trinajstić information content (AvgIpc) is 2.57. The Morgan fingerprint density at radius 3 is 2.80 bits per heavy atom. The number of amides is 3. The van der Waals surface area contributed by atoms with Crippen LogP contribution < -0.4 is 15.8 Å². The first-order valence-electron chi connectivity index (χ1n) is 8.10. The molecule has 1 saturated heterocycles. The number of nitrogens with zero attached hydrogens (tertiary/aromatic N) is 1. The first kappa shape index (κ1) is 18.6. The molecule has 2 rings (SSSR count). The fourth-order valence-electron chi connectivity index (χ4n) is 2.89. The van der Waals surface area contributed by atoms with Gasteiger partial charge < -0.3 is 25.8 Å². The van der Waals surface area contributed by atoms with Crippen LogP contribution in [0.25, 0.3) is 0 Å². The highest BCUT2D eigenvalue weighted by Gasteiger charge is 2.31. The zero-order chi connectivity index (χ0) is 18.4. The highest BCUT2D eigenvalue weighted by Crippen LogP contribution is 2.22. The number of nitrogens with two attached hydrogens (primary N) is 1. The maximum Gasteiger partial charge on any atom is 0.317 e. The highest BCUT2D eigenvalue weighted by atomic mass is 16.5. The number of hydrogen-bond donors (Lipinski definition) is 3. The number of carboxylic acids is 1. The van der Waals surface area contributed by atoms with Crippen LogP contribution in [0.2, 0.25) is 0 Å². The number of carbonyl (C=O) groups excluding carboxylic acids is 2. The molecule has 1 aromatic rings. The van der Waals surface area contributed by atoms with Gasteiger partial charge in [-0.1, -0.05) is 19.1 Å². The topological polar surface area (TPSA) is 122 Å². The third-order valence-corrected chi connectivity index (χ3v) is 4.02. The lowest BCUT2D eigenvalue weighted by molar-refractivity contribution is -0.143. The smallest absolute Gasteiger partial charge is 0.317 e. The molecule has 25 heavy (non-hydrogen) atoms. The second-order valence-corrected chi connectivity index (χ2v) is 6.34. The first-order chi connectivity index (χ1) is 11.8. The number of piperidine rings is 1. The van der Waals surface area contributed by atoms with Gasteiger partial charge >= 0.3 is 12.0 Å². The summed E-state index contributed by atoms with van der Waals surface area (Å²) in [6.07, 6.45) is 0.582. The Kier molecular flexibility index (Phi) is 6.21. The van der Waals surface area contributed by atoms with Crippen LogP contribution in [0.1, 0.15) is 18.9 Å². The minimum absolute atomic E-state index is 0.145. The van der Waals surface area contributed by atoms with Crippen LogP contribution in [0.5, 0.6) is 5.75 Å². The Labute approximate surface area is 145 Å². The molecule has 136 valence electrons. The molecule has 4 N–H and O–H groups in total. The highest BCUT2D eigenvalue weighted by molar-refractivity contribution is 5.76. The molecule has 2 unspecified atom stereocenters. The van der Waals surface area contributed by atoms with Crippen LogP contribution in [0.15, 0.2) is 24.3 Å². The number of ether oxygens (including phenoxy) is 1. The number of benzene rings is 1. The van der Waals surface area contributed by atoms with E-state index in [9.17, 15) is 19.5 Å². The van der Waals surface area contributed by atoms with Crippen molar-refractivity contribution in [3.05, 3.63) is 29.8 Å². The van der Waals surface area contributed by atoms with E-state index in [0.29, 0.717) is 18.7 Å². The molecule has 1 fully saturated rings. The van der Waals surface area contributed by atoms with Crippen LogP contribution in [0.3, 0.4) is 0 Å². The van der Waals surface area contributed by atoms with Crippen LogP contribution >= 0.6 is 0 Å². The van der Waals surface area contributed by atoms with Crippen molar-refractivity contribution in [2.45, 2.75) is 19.9 Å². The van der Waals surface area contributed by atoms with E-state index >= 15 is 0 Å². The Morgan fingerprint density at radius 1 is 1.36 bits per heavy atom. The summed E-state index contributed by atoms with van der Waals surface area (Å²) in [5.41, 5.74) is 5.84. The normalized spacial score (nSPS) is 20.0. The van der Waals surface area contributed by atoms with E-state index in [2.05, 4.69) is 5.32 Å². The van der Waals surface area contributed by atoms with Gasteiger partial charge in [-0.15, -0.1) is 0 Å². The molecule has 1 aliphatic heterocycles. The summed E-state index contributed by atoms with van der Waals surface area (Å²) in [7, 11) is 0. The summed E-state index contributed by atoms with van der Waals surface area (Å²) >= 11 is 0. The SMILES string of the molecule is CC1CC(C(=O)O)CN(C(=O)NCc2cccc(OCC(N)=O)c2)C1. The van der Waals surface area contributed by atoms with Gasteiger partial charge in [0.05, 0.1) is 5.92 Å². The van der Waals surface area contributed by atoms with E-state index in [1.807, 2.05) is 13.0 Å². The minimum Gasteiger partial charge on any atom is -0.484 e. The van der Waals surface area contributed by atoms with E-state index in [4.69, 9.17) is 10.5 Å². The van der Waals surface area contributed by atoms with Gasteiger partial charge in [0.25, 0.3) is 5.91 Å². The van der Waals surface area contributed by atoms with Crippen LogP contribution in [0, 0.1) is 11.8 Å².